The van der Waals surface area contributed by atoms with E-state index < -0.39 is 0 Å². The summed E-state index contributed by atoms with van der Waals surface area (Å²) < 4.78 is 10.6. The minimum absolute atomic E-state index is 0.0703. The number of aliphatic imine (C=N–C) groups is 1. The van der Waals surface area contributed by atoms with Crippen molar-refractivity contribution >= 4 is 11.9 Å². The molecule has 1 aromatic rings. The van der Waals surface area contributed by atoms with Crippen LogP contribution in [0.4, 0.5) is 0 Å². The van der Waals surface area contributed by atoms with Gasteiger partial charge in [-0.05, 0) is 25.0 Å². The van der Waals surface area contributed by atoms with Crippen molar-refractivity contribution in [2.45, 2.75) is 12.8 Å². The number of nitrogens with one attached hydrogen (secondary N) is 1. The van der Waals surface area contributed by atoms with E-state index >= 15 is 0 Å². The van der Waals surface area contributed by atoms with Crippen molar-refractivity contribution in [1.82, 2.24) is 15.1 Å². The van der Waals surface area contributed by atoms with Crippen LogP contribution in [-0.4, -0.2) is 86.4 Å². The third-order valence-electron chi connectivity index (χ3n) is 5.32. The molecule has 0 aliphatic carbocycles. The number of aliphatic hydroxyl groups is 1. The third-order valence-corrected chi connectivity index (χ3v) is 5.32. The molecule has 2 saturated heterocycles. The summed E-state index contributed by atoms with van der Waals surface area (Å²) in [6.45, 7) is 4.86. The van der Waals surface area contributed by atoms with Crippen molar-refractivity contribution in [1.29, 1.82) is 0 Å². The molecule has 26 heavy (non-hydrogen) atoms. The normalized spacial score (nSPS) is 20.9. The lowest BCUT2D eigenvalue weighted by molar-refractivity contribution is -0.0135. The first-order valence-corrected chi connectivity index (χ1v) is 9.14. The van der Waals surface area contributed by atoms with Crippen molar-refractivity contribution in [3.63, 3.8) is 0 Å². The van der Waals surface area contributed by atoms with Crippen molar-refractivity contribution in [2.24, 2.45) is 10.4 Å². The van der Waals surface area contributed by atoms with Crippen LogP contribution in [0.1, 0.15) is 23.4 Å². The average Bonchev–Trinajstić information content (AvgIpc) is 3.24. The second-order valence-electron chi connectivity index (χ2n) is 6.93. The van der Waals surface area contributed by atoms with Gasteiger partial charge in [-0.25, -0.2) is 0 Å². The van der Waals surface area contributed by atoms with Crippen LogP contribution < -0.4 is 5.32 Å². The Morgan fingerprint density at radius 1 is 1.27 bits per heavy atom. The standard InChI is InChI=1S/C18H28N4O4/c1-19-17(20-13-18(14-23)4-11-25-12-5-18)22-8-6-21(7-9-22)16(24)15-3-2-10-26-15/h2-3,10,23H,4-9,11-14H2,1H3,(H,19,20). The second kappa shape index (κ2) is 8.55. The van der Waals surface area contributed by atoms with Crippen LogP contribution in [0.15, 0.2) is 27.8 Å². The fourth-order valence-corrected chi connectivity index (χ4v) is 3.47. The van der Waals surface area contributed by atoms with Crippen molar-refractivity contribution in [3.8, 4) is 0 Å². The molecular weight excluding hydrogens is 336 g/mol. The molecule has 1 amide bonds. The average molecular weight is 364 g/mol. The van der Waals surface area contributed by atoms with Gasteiger partial charge in [0.25, 0.3) is 5.91 Å². The third kappa shape index (κ3) is 4.19. The minimum atomic E-state index is -0.148. The molecule has 1 aromatic heterocycles. The largest absolute Gasteiger partial charge is 0.459 e. The van der Waals surface area contributed by atoms with Crippen LogP contribution in [-0.2, 0) is 4.74 Å². The Hall–Kier alpha value is -2.06. The van der Waals surface area contributed by atoms with Crippen molar-refractivity contribution < 1.29 is 19.1 Å². The Kier molecular flexibility index (Phi) is 6.16. The number of rotatable bonds is 4. The van der Waals surface area contributed by atoms with Gasteiger partial charge in [0.2, 0.25) is 0 Å². The van der Waals surface area contributed by atoms with Crippen LogP contribution in [0.3, 0.4) is 0 Å². The Morgan fingerprint density at radius 3 is 2.54 bits per heavy atom. The van der Waals surface area contributed by atoms with Crippen molar-refractivity contribution in [3.05, 3.63) is 24.2 Å². The molecule has 0 unspecified atom stereocenters. The molecule has 2 fully saturated rings. The van der Waals surface area contributed by atoms with E-state index in [2.05, 4.69) is 15.2 Å². The molecule has 3 heterocycles. The molecule has 8 nitrogen and oxygen atoms in total. The number of ether oxygens (including phenoxy) is 1. The Balaban J connectivity index is 1.51. The summed E-state index contributed by atoms with van der Waals surface area (Å²) in [5.41, 5.74) is -0.148. The molecule has 0 spiro atoms. The van der Waals surface area contributed by atoms with Gasteiger partial charge in [-0.3, -0.25) is 9.79 Å². The summed E-state index contributed by atoms with van der Waals surface area (Å²) in [5.74, 6) is 1.12. The number of amides is 1. The number of piperazine rings is 1. The SMILES string of the molecule is CN=C(NCC1(CO)CCOCC1)N1CCN(C(=O)c2ccco2)CC1. The molecule has 8 heteroatoms. The smallest absolute Gasteiger partial charge is 0.289 e. The molecule has 2 aliphatic heterocycles. The maximum Gasteiger partial charge on any atom is 0.289 e. The van der Waals surface area contributed by atoms with E-state index in [4.69, 9.17) is 9.15 Å². The fraction of sp³-hybridized carbons (Fsp3) is 0.667. The molecule has 0 bridgehead atoms. The Morgan fingerprint density at radius 2 is 1.96 bits per heavy atom. The number of hydrogen-bond acceptors (Lipinski definition) is 5. The summed E-state index contributed by atoms with van der Waals surface area (Å²) in [6.07, 6.45) is 3.21. The van der Waals surface area contributed by atoms with Gasteiger partial charge in [-0.15, -0.1) is 0 Å². The molecule has 2 aliphatic rings. The van der Waals surface area contributed by atoms with E-state index in [-0.39, 0.29) is 17.9 Å². The van der Waals surface area contributed by atoms with Gasteiger partial charge in [0.05, 0.1) is 12.9 Å². The predicted molar refractivity (Wildman–Crippen MR) is 97.1 cm³/mol. The van der Waals surface area contributed by atoms with Crippen LogP contribution in [0.5, 0.6) is 0 Å². The summed E-state index contributed by atoms with van der Waals surface area (Å²) in [7, 11) is 1.76. The Bertz CT molecular complexity index is 603. The second-order valence-corrected chi connectivity index (χ2v) is 6.93. The summed E-state index contributed by atoms with van der Waals surface area (Å²) >= 11 is 0. The van der Waals surface area contributed by atoms with E-state index in [1.165, 1.54) is 6.26 Å². The number of nitrogens with zero attached hydrogens (tertiary/aromatic N) is 3. The molecule has 3 rings (SSSR count). The number of carbonyl (C=O) groups is 1. The summed E-state index contributed by atoms with van der Waals surface area (Å²) in [4.78, 5) is 20.7. The van der Waals surface area contributed by atoms with Gasteiger partial charge in [-0.1, -0.05) is 0 Å². The number of furan rings is 1. The lowest BCUT2D eigenvalue weighted by Crippen LogP contribution is -2.55. The number of guanidine groups is 1. The predicted octanol–water partition coefficient (Wildman–Crippen LogP) is 0.402. The first-order chi connectivity index (χ1) is 12.7. The zero-order chi connectivity index (χ0) is 18.4. The highest BCUT2D eigenvalue weighted by Gasteiger charge is 2.33. The zero-order valence-corrected chi connectivity index (χ0v) is 15.3. The van der Waals surface area contributed by atoms with Gasteiger partial charge in [0, 0.05) is 58.4 Å². The topological polar surface area (TPSA) is 90.5 Å². The zero-order valence-electron chi connectivity index (χ0n) is 15.3. The van der Waals surface area contributed by atoms with E-state index in [0.717, 1.165) is 18.8 Å². The monoisotopic (exact) mass is 364 g/mol. The number of aliphatic hydroxyl groups excluding tert-OH is 1. The van der Waals surface area contributed by atoms with Crippen LogP contribution in [0.25, 0.3) is 0 Å². The lowest BCUT2D eigenvalue weighted by atomic mass is 9.81. The summed E-state index contributed by atoms with van der Waals surface area (Å²) in [5, 5.41) is 13.2. The van der Waals surface area contributed by atoms with E-state index in [1.807, 2.05) is 0 Å². The molecule has 144 valence electrons. The van der Waals surface area contributed by atoms with Crippen LogP contribution in [0, 0.1) is 5.41 Å². The van der Waals surface area contributed by atoms with Crippen molar-refractivity contribution in [2.75, 3.05) is 59.6 Å². The first kappa shape index (κ1) is 18.7. The molecule has 0 atom stereocenters. The Labute approximate surface area is 153 Å². The van der Waals surface area contributed by atoms with E-state index in [0.29, 0.717) is 51.7 Å². The molecule has 0 saturated carbocycles. The molecular formula is C18H28N4O4. The minimum Gasteiger partial charge on any atom is -0.459 e. The van der Waals surface area contributed by atoms with Gasteiger partial charge in [0.1, 0.15) is 0 Å². The molecule has 0 radical (unpaired) electrons. The van der Waals surface area contributed by atoms with Gasteiger partial charge in [-0.2, -0.15) is 0 Å². The van der Waals surface area contributed by atoms with Gasteiger partial charge >= 0.3 is 0 Å². The number of hydrogen-bond donors (Lipinski definition) is 2. The maximum atomic E-state index is 12.3. The highest BCUT2D eigenvalue weighted by Crippen LogP contribution is 2.29. The van der Waals surface area contributed by atoms with Gasteiger partial charge < -0.3 is 29.4 Å². The fourth-order valence-electron chi connectivity index (χ4n) is 3.47. The summed E-state index contributed by atoms with van der Waals surface area (Å²) in [6, 6.07) is 3.42. The maximum absolute atomic E-state index is 12.3. The molecule has 2 N–H and O–H groups in total. The first-order valence-electron chi connectivity index (χ1n) is 9.14. The van der Waals surface area contributed by atoms with Gasteiger partial charge in [0.15, 0.2) is 11.7 Å². The van der Waals surface area contributed by atoms with E-state index in [1.54, 1.807) is 24.1 Å². The van der Waals surface area contributed by atoms with E-state index in [9.17, 15) is 9.90 Å². The highest BCUT2D eigenvalue weighted by molar-refractivity contribution is 5.91. The number of carbonyl (C=O) groups excluding carboxylic acids is 1. The lowest BCUT2D eigenvalue weighted by Gasteiger charge is -2.39. The highest BCUT2D eigenvalue weighted by atomic mass is 16.5. The quantitative estimate of drug-likeness (QED) is 0.594. The van der Waals surface area contributed by atoms with Crippen LogP contribution in [0.2, 0.25) is 0 Å². The molecule has 0 aromatic carbocycles. The van der Waals surface area contributed by atoms with Crippen LogP contribution >= 0.6 is 0 Å².